The molecule has 1 aromatic carbocycles. The molecule has 0 radical (unpaired) electrons. The van der Waals surface area contributed by atoms with E-state index in [1.807, 2.05) is 0 Å². The molecule has 1 heterocycles. The largest absolute Gasteiger partial charge is 0.417 e. The molecule has 0 aliphatic rings. The average molecular weight is 285 g/mol. The van der Waals surface area contributed by atoms with Crippen molar-refractivity contribution in [2.45, 2.75) is 19.2 Å². The van der Waals surface area contributed by atoms with Gasteiger partial charge in [0.25, 0.3) is 0 Å². The maximum atomic E-state index is 13.6. The molecule has 0 fully saturated rings. The zero-order chi connectivity index (χ0) is 14.9. The summed E-state index contributed by atoms with van der Waals surface area (Å²) in [4.78, 5) is 3.56. The lowest BCUT2D eigenvalue weighted by atomic mass is 10.0. The summed E-state index contributed by atoms with van der Waals surface area (Å²) in [5.74, 6) is -0.634. The molecule has 1 atom stereocenters. The van der Waals surface area contributed by atoms with Gasteiger partial charge in [-0.15, -0.1) is 0 Å². The first-order chi connectivity index (χ1) is 9.29. The summed E-state index contributed by atoms with van der Waals surface area (Å²) in [7, 11) is 0. The number of aliphatic hydroxyl groups excluding tert-OH is 1. The average Bonchev–Trinajstić information content (AvgIpc) is 2.40. The number of aryl methyl sites for hydroxylation is 1. The third-order valence-corrected chi connectivity index (χ3v) is 2.84. The minimum absolute atomic E-state index is 0.0164. The van der Waals surface area contributed by atoms with Gasteiger partial charge in [-0.2, -0.15) is 13.2 Å². The predicted molar refractivity (Wildman–Crippen MR) is 64.4 cm³/mol. The minimum Gasteiger partial charge on any atom is -0.382 e. The van der Waals surface area contributed by atoms with E-state index in [-0.39, 0.29) is 11.3 Å². The highest BCUT2D eigenvalue weighted by atomic mass is 19.4. The zero-order valence-electron chi connectivity index (χ0n) is 10.4. The number of benzene rings is 1. The van der Waals surface area contributed by atoms with Crippen LogP contribution in [0, 0.1) is 12.7 Å². The van der Waals surface area contributed by atoms with Crippen molar-refractivity contribution < 1.29 is 22.7 Å². The van der Waals surface area contributed by atoms with Crippen LogP contribution in [0.25, 0.3) is 0 Å². The van der Waals surface area contributed by atoms with E-state index in [0.717, 1.165) is 17.7 Å². The standard InChI is InChI=1S/C14H11F4NO/c1-8-2-4-11(15)10(6-8)13(20)12-5-3-9(7-19-12)14(16,17)18/h2-7,13,20H,1H3. The first-order valence-electron chi connectivity index (χ1n) is 5.76. The van der Waals surface area contributed by atoms with Gasteiger partial charge in [0, 0.05) is 11.8 Å². The molecular formula is C14H11F4NO. The first kappa shape index (κ1) is 14.5. The summed E-state index contributed by atoms with van der Waals surface area (Å²) < 4.78 is 50.8. The van der Waals surface area contributed by atoms with E-state index in [2.05, 4.69) is 4.98 Å². The van der Waals surface area contributed by atoms with Crippen molar-refractivity contribution in [3.8, 4) is 0 Å². The van der Waals surface area contributed by atoms with Gasteiger partial charge >= 0.3 is 6.18 Å². The fourth-order valence-corrected chi connectivity index (χ4v) is 1.77. The highest BCUT2D eigenvalue weighted by molar-refractivity contribution is 5.31. The van der Waals surface area contributed by atoms with Crippen LogP contribution >= 0.6 is 0 Å². The first-order valence-corrected chi connectivity index (χ1v) is 5.76. The van der Waals surface area contributed by atoms with Gasteiger partial charge in [0.1, 0.15) is 11.9 Å². The van der Waals surface area contributed by atoms with Gasteiger partial charge < -0.3 is 5.11 Å². The second-order valence-corrected chi connectivity index (χ2v) is 4.40. The Bertz CT molecular complexity index is 608. The second kappa shape index (κ2) is 5.20. The summed E-state index contributed by atoms with van der Waals surface area (Å²) >= 11 is 0. The molecule has 0 spiro atoms. The van der Waals surface area contributed by atoms with Crippen molar-refractivity contribution in [2.24, 2.45) is 0 Å². The van der Waals surface area contributed by atoms with Crippen molar-refractivity contribution in [3.63, 3.8) is 0 Å². The molecule has 0 saturated heterocycles. The SMILES string of the molecule is Cc1ccc(F)c(C(O)c2ccc(C(F)(F)F)cn2)c1. The number of aliphatic hydroxyl groups is 1. The molecular weight excluding hydrogens is 274 g/mol. The lowest BCUT2D eigenvalue weighted by Crippen LogP contribution is -2.09. The monoisotopic (exact) mass is 285 g/mol. The van der Waals surface area contributed by atoms with Crippen molar-refractivity contribution in [2.75, 3.05) is 0 Å². The molecule has 0 bridgehead atoms. The molecule has 0 aliphatic carbocycles. The highest BCUT2D eigenvalue weighted by Crippen LogP contribution is 2.30. The van der Waals surface area contributed by atoms with Gasteiger partial charge in [-0.05, 0) is 25.1 Å². The van der Waals surface area contributed by atoms with Gasteiger partial charge in [0.15, 0.2) is 0 Å². The zero-order valence-corrected chi connectivity index (χ0v) is 10.4. The Balaban J connectivity index is 2.34. The van der Waals surface area contributed by atoms with Gasteiger partial charge in [0.2, 0.25) is 0 Å². The van der Waals surface area contributed by atoms with Crippen molar-refractivity contribution in [1.29, 1.82) is 0 Å². The Labute approximate surface area is 112 Å². The maximum Gasteiger partial charge on any atom is 0.417 e. The molecule has 0 saturated carbocycles. The van der Waals surface area contributed by atoms with Crippen molar-refractivity contribution >= 4 is 0 Å². The molecule has 1 unspecified atom stereocenters. The van der Waals surface area contributed by atoms with E-state index in [9.17, 15) is 22.7 Å². The fraction of sp³-hybridized carbons (Fsp3) is 0.214. The van der Waals surface area contributed by atoms with Crippen LogP contribution in [0.1, 0.15) is 28.5 Å². The molecule has 6 heteroatoms. The van der Waals surface area contributed by atoms with Gasteiger partial charge in [-0.3, -0.25) is 4.98 Å². The molecule has 0 amide bonds. The number of rotatable bonds is 2. The summed E-state index contributed by atoms with van der Waals surface area (Å²) in [6.45, 7) is 1.72. The quantitative estimate of drug-likeness (QED) is 0.855. The van der Waals surface area contributed by atoms with E-state index in [1.54, 1.807) is 6.92 Å². The van der Waals surface area contributed by atoms with Crippen LogP contribution in [0.15, 0.2) is 36.5 Å². The van der Waals surface area contributed by atoms with E-state index in [4.69, 9.17) is 0 Å². The Morgan fingerprint density at radius 1 is 1.15 bits per heavy atom. The Morgan fingerprint density at radius 3 is 2.40 bits per heavy atom. The number of aromatic nitrogens is 1. The Morgan fingerprint density at radius 2 is 1.85 bits per heavy atom. The number of hydrogen-bond acceptors (Lipinski definition) is 2. The summed E-state index contributed by atoms with van der Waals surface area (Å²) in [5, 5.41) is 10.0. The molecule has 2 aromatic rings. The van der Waals surface area contributed by atoms with Crippen LogP contribution in [0.2, 0.25) is 0 Å². The van der Waals surface area contributed by atoms with Crippen LogP contribution in [-0.4, -0.2) is 10.1 Å². The van der Waals surface area contributed by atoms with Gasteiger partial charge in [-0.1, -0.05) is 17.7 Å². The lowest BCUT2D eigenvalue weighted by molar-refractivity contribution is -0.137. The molecule has 0 aliphatic heterocycles. The normalized spacial score (nSPS) is 13.3. The number of alkyl halides is 3. The molecule has 106 valence electrons. The van der Waals surface area contributed by atoms with Gasteiger partial charge in [0.05, 0.1) is 11.3 Å². The highest BCUT2D eigenvalue weighted by Gasteiger charge is 2.31. The second-order valence-electron chi connectivity index (χ2n) is 4.40. The van der Waals surface area contributed by atoms with Gasteiger partial charge in [-0.25, -0.2) is 4.39 Å². The summed E-state index contributed by atoms with van der Waals surface area (Å²) in [5.41, 5.74) is -0.245. The molecule has 20 heavy (non-hydrogen) atoms. The van der Waals surface area contributed by atoms with Crippen molar-refractivity contribution in [1.82, 2.24) is 4.98 Å². The molecule has 1 aromatic heterocycles. The van der Waals surface area contributed by atoms with Crippen molar-refractivity contribution in [3.05, 3.63) is 64.7 Å². The van der Waals surface area contributed by atoms with Crippen LogP contribution in [0.3, 0.4) is 0 Å². The Kier molecular flexibility index (Phi) is 3.76. The Hall–Kier alpha value is -1.95. The third kappa shape index (κ3) is 2.96. The van der Waals surface area contributed by atoms with E-state index < -0.39 is 23.7 Å². The number of nitrogens with zero attached hydrogens (tertiary/aromatic N) is 1. The number of hydrogen-bond donors (Lipinski definition) is 1. The smallest absolute Gasteiger partial charge is 0.382 e. The third-order valence-electron chi connectivity index (χ3n) is 2.84. The van der Waals surface area contributed by atoms with Crippen LogP contribution in [0.4, 0.5) is 17.6 Å². The summed E-state index contributed by atoms with van der Waals surface area (Å²) in [6.07, 6.45) is -5.28. The molecule has 2 nitrogen and oxygen atoms in total. The summed E-state index contributed by atoms with van der Waals surface area (Å²) in [6, 6.07) is 6.00. The topological polar surface area (TPSA) is 33.1 Å². The van der Waals surface area contributed by atoms with Crippen LogP contribution < -0.4 is 0 Å². The predicted octanol–water partition coefficient (Wildman–Crippen LogP) is 3.63. The minimum atomic E-state index is -4.49. The fourth-order valence-electron chi connectivity index (χ4n) is 1.77. The van der Waals surface area contributed by atoms with E-state index in [1.165, 1.54) is 18.2 Å². The van der Waals surface area contributed by atoms with E-state index >= 15 is 0 Å². The van der Waals surface area contributed by atoms with E-state index in [0.29, 0.717) is 6.20 Å². The lowest BCUT2D eigenvalue weighted by Gasteiger charge is -2.13. The van der Waals surface area contributed by atoms with Crippen LogP contribution in [-0.2, 0) is 6.18 Å². The number of halogens is 4. The number of pyridine rings is 1. The molecule has 2 rings (SSSR count). The van der Waals surface area contributed by atoms with Crippen LogP contribution in [0.5, 0.6) is 0 Å². The molecule has 1 N–H and O–H groups in total. The maximum absolute atomic E-state index is 13.6.